The van der Waals surface area contributed by atoms with Gasteiger partial charge in [-0.1, -0.05) is 42.5 Å². The van der Waals surface area contributed by atoms with E-state index in [1.165, 1.54) is 16.3 Å². The van der Waals surface area contributed by atoms with Crippen molar-refractivity contribution in [2.24, 2.45) is 0 Å². The predicted octanol–water partition coefficient (Wildman–Crippen LogP) is 2.99. The Hall–Kier alpha value is -3.46. The molecule has 0 fully saturated rings. The van der Waals surface area contributed by atoms with E-state index in [0.29, 0.717) is 23.7 Å². The summed E-state index contributed by atoms with van der Waals surface area (Å²) in [5.74, 6) is 0.735. The number of imidazole rings is 1. The molecule has 4 rings (SSSR count). The summed E-state index contributed by atoms with van der Waals surface area (Å²) in [4.78, 5) is 15.5. The van der Waals surface area contributed by atoms with E-state index in [1.807, 2.05) is 24.3 Å². The van der Waals surface area contributed by atoms with Crippen molar-refractivity contribution in [1.82, 2.24) is 19.9 Å². The average Bonchev–Trinajstić information content (AvgIpc) is 3.01. The number of nitrogens with one attached hydrogen (secondary N) is 2. The van der Waals surface area contributed by atoms with Gasteiger partial charge in [0.2, 0.25) is 11.8 Å². The minimum Gasteiger partial charge on any atom is -0.352 e. The van der Waals surface area contributed by atoms with E-state index in [0.717, 1.165) is 0 Å². The molecule has 2 N–H and O–H groups in total. The van der Waals surface area contributed by atoms with Gasteiger partial charge in [-0.3, -0.25) is 0 Å². The van der Waals surface area contributed by atoms with Crippen LogP contribution in [0.4, 0.5) is 5.95 Å². The molecule has 110 valence electrons. The van der Waals surface area contributed by atoms with Crippen molar-refractivity contribution in [3.8, 4) is 6.07 Å². The molecule has 0 saturated heterocycles. The second kappa shape index (κ2) is 5.39. The number of hydrogen-bond acceptors (Lipinski definition) is 5. The molecule has 0 amide bonds. The Morgan fingerprint density at radius 3 is 2.87 bits per heavy atom. The zero-order valence-corrected chi connectivity index (χ0v) is 12.1. The third-order valence-electron chi connectivity index (χ3n) is 3.66. The van der Waals surface area contributed by atoms with Crippen molar-refractivity contribution in [3.63, 3.8) is 0 Å². The Morgan fingerprint density at radius 1 is 1.09 bits per heavy atom. The van der Waals surface area contributed by atoms with Crippen LogP contribution in [0.2, 0.25) is 0 Å². The lowest BCUT2D eigenvalue weighted by atomic mass is 10.0. The fourth-order valence-electron chi connectivity index (χ4n) is 2.57. The molecule has 6 nitrogen and oxygen atoms in total. The number of rotatable bonds is 3. The van der Waals surface area contributed by atoms with Crippen LogP contribution >= 0.6 is 0 Å². The van der Waals surface area contributed by atoms with Gasteiger partial charge < -0.3 is 10.3 Å². The third kappa shape index (κ3) is 2.45. The topological polar surface area (TPSA) is 90.3 Å². The maximum absolute atomic E-state index is 8.83. The van der Waals surface area contributed by atoms with E-state index >= 15 is 0 Å². The van der Waals surface area contributed by atoms with Crippen molar-refractivity contribution in [2.45, 2.75) is 6.54 Å². The average molecular weight is 300 g/mol. The van der Waals surface area contributed by atoms with Crippen molar-refractivity contribution in [3.05, 3.63) is 60.0 Å². The number of benzene rings is 2. The summed E-state index contributed by atoms with van der Waals surface area (Å²) < 4.78 is 0. The summed E-state index contributed by atoms with van der Waals surface area (Å²) >= 11 is 0. The minimum absolute atomic E-state index is 0.127. The van der Waals surface area contributed by atoms with E-state index in [9.17, 15) is 0 Å². The molecule has 0 atom stereocenters. The molecule has 0 saturated carbocycles. The molecule has 0 spiro atoms. The fourth-order valence-corrected chi connectivity index (χ4v) is 2.57. The summed E-state index contributed by atoms with van der Waals surface area (Å²) in [5.41, 5.74) is 2.37. The number of H-pyrrole nitrogens is 1. The quantitative estimate of drug-likeness (QED) is 0.607. The SMILES string of the molecule is N#Cc1ncc2nc(NCc3cccc4ccccc34)[nH]c2n1. The lowest BCUT2D eigenvalue weighted by Gasteiger charge is -2.07. The van der Waals surface area contributed by atoms with Gasteiger partial charge in [0.05, 0.1) is 6.20 Å². The first-order valence-electron chi connectivity index (χ1n) is 7.17. The third-order valence-corrected chi connectivity index (χ3v) is 3.66. The molecule has 0 radical (unpaired) electrons. The number of fused-ring (bicyclic) bond motifs is 2. The molecule has 0 aliphatic carbocycles. The van der Waals surface area contributed by atoms with Crippen molar-refractivity contribution in [2.75, 3.05) is 5.32 Å². The number of aromatic amines is 1. The molecule has 2 aromatic heterocycles. The first-order valence-corrected chi connectivity index (χ1v) is 7.17. The molecule has 23 heavy (non-hydrogen) atoms. The maximum atomic E-state index is 8.83. The molecule has 2 heterocycles. The van der Waals surface area contributed by atoms with Gasteiger partial charge in [-0.25, -0.2) is 9.97 Å². The van der Waals surface area contributed by atoms with Crippen molar-refractivity contribution in [1.29, 1.82) is 5.26 Å². The lowest BCUT2D eigenvalue weighted by Crippen LogP contribution is -2.01. The van der Waals surface area contributed by atoms with Crippen LogP contribution in [0.3, 0.4) is 0 Å². The van der Waals surface area contributed by atoms with E-state index in [2.05, 4.69) is 49.5 Å². The van der Waals surface area contributed by atoms with Crippen molar-refractivity contribution < 1.29 is 0 Å². The van der Waals surface area contributed by atoms with Crippen LogP contribution in [0, 0.1) is 11.3 Å². The Labute approximate surface area is 131 Å². The Balaban J connectivity index is 1.62. The second-order valence-corrected chi connectivity index (χ2v) is 5.12. The molecule has 0 aliphatic heterocycles. The summed E-state index contributed by atoms with van der Waals surface area (Å²) in [6, 6.07) is 16.4. The molecule has 0 unspecified atom stereocenters. The molecular weight excluding hydrogens is 288 g/mol. The summed E-state index contributed by atoms with van der Waals surface area (Å²) in [5, 5.41) is 14.5. The standard InChI is InChI=1S/C17H12N6/c18-8-15-19-10-14-16(22-15)23-17(21-14)20-9-12-6-3-5-11-4-1-2-7-13(11)12/h1-7,10H,9H2,(H2,19,20,21,22,23). The van der Waals surface area contributed by atoms with E-state index < -0.39 is 0 Å². The van der Waals surface area contributed by atoms with Crippen LogP contribution in [0.1, 0.15) is 11.4 Å². The highest BCUT2D eigenvalue weighted by Crippen LogP contribution is 2.19. The van der Waals surface area contributed by atoms with Gasteiger partial charge in [0.15, 0.2) is 5.65 Å². The van der Waals surface area contributed by atoms with Crippen LogP contribution in [0.15, 0.2) is 48.7 Å². The van der Waals surface area contributed by atoms with Crippen LogP contribution in [0.25, 0.3) is 21.9 Å². The van der Waals surface area contributed by atoms with Gasteiger partial charge in [-0.05, 0) is 16.3 Å². The maximum Gasteiger partial charge on any atom is 0.234 e. The van der Waals surface area contributed by atoms with E-state index in [1.54, 1.807) is 6.20 Å². The monoisotopic (exact) mass is 300 g/mol. The van der Waals surface area contributed by atoms with Crippen molar-refractivity contribution >= 4 is 27.9 Å². The second-order valence-electron chi connectivity index (χ2n) is 5.12. The summed E-state index contributed by atoms with van der Waals surface area (Å²) in [6.07, 6.45) is 1.54. The number of nitrogens with zero attached hydrogens (tertiary/aromatic N) is 4. The van der Waals surface area contributed by atoms with Crippen LogP contribution < -0.4 is 5.32 Å². The van der Waals surface area contributed by atoms with Gasteiger partial charge in [0.25, 0.3) is 0 Å². The van der Waals surface area contributed by atoms with E-state index in [-0.39, 0.29) is 5.82 Å². The number of hydrogen-bond donors (Lipinski definition) is 2. The van der Waals surface area contributed by atoms with Gasteiger partial charge in [-0.15, -0.1) is 0 Å². The molecule has 2 aromatic carbocycles. The van der Waals surface area contributed by atoms with Gasteiger partial charge in [0, 0.05) is 6.54 Å². The number of aromatic nitrogens is 4. The Morgan fingerprint density at radius 2 is 1.96 bits per heavy atom. The summed E-state index contributed by atoms with van der Waals surface area (Å²) in [7, 11) is 0. The highest BCUT2D eigenvalue weighted by molar-refractivity contribution is 5.85. The normalized spacial score (nSPS) is 10.7. The first-order chi connectivity index (χ1) is 11.3. The smallest absolute Gasteiger partial charge is 0.234 e. The molecule has 6 heteroatoms. The highest BCUT2D eigenvalue weighted by Gasteiger charge is 2.06. The predicted molar refractivity (Wildman–Crippen MR) is 87.7 cm³/mol. The molecule has 0 aliphatic rings. The Kier molecular flexibility index (Phi) is 3.10. The molecule has 0 bridgehead atoms. The number of nitriles is 1. The Bertz CT molecular complexity index is 1040. The number of anilines is 1. The zero-order chi connectivity index (χ0) is 15.6. The van der Waals surface area contributed by atoms with Crippen LogP contribution in [-0.4, -0.2) is 19.9 Å². The fraction of sp³-hybridized carbons (Fsp3) is 0.0588. The lowest BCUT2D eigenvalue weighted by molar-refractivity contribution is 1.11. The summed E-state index contributed by atoms with van der Waals surface area (Å²) in [6.45, 7) is 0.639. The highest BCUT2D eigenvalue weighted by atomic mass is 15.1. The molecule has 4 aromatic rings. The van der Waals surface area contributed by atoms with Gasteiger partial charge in [0.1, 0.15) is 11.6 Å². The first kappa shape index (κ1) is 13.2. The minimum atomic E-state index is 0.127. The largest absolute Gasteiger partial charge is 0.352 e. The van der Waals surface area contributed by atoms with Crippen LogP contribution in [0.5, 0.6) is 0 Å². The zero-order valence-electron chi connectivity index (χ0n) is 12.1. The molecular formula is C17H12N6. The van der Waals surface area contributed by atoms with Crippen LogP contribution in [-0.2, 0) is 6.54 Å². The van der Waals surface area contributed by atoms with E-state index in [4.69, 9.17) is 5.26 Å². The van der Waals surface area contributed by atoms with Gasteiger partial charge >= 0.3 is 0 Å². The van der Waals surface area contributed by atoms with Gasteiger partial charge in [-0.2, -0.15) is 10.2 Å².